The van der Waals surface area contributed by atoms with Crippen LogP contribution in [0.1, 0.15) is 0 Å². The molecule has 3 heterocycles. The Morgan fingerprint density at radius 3 is 1.66 bits per heavy atom. The van der Waals surface area contributed by atoms with Gasteiger partial charge in [-0.1, -0.05) is 176 Å². The van der Waals surface area contributed by atoms with Crippen LogP contribution >= 0.6 is 11.3 Å². The SMILES string of the molecule is c1ccc(-c2nc(-c3cccc(-c4nc5sc6ccccc6c5c5ccccc45)c3)nc(-c3ccc(-c4ccc5ccc6cccc7ccc4c5c67)c4ccccc34)n2)cc1. The van der Waals surface area contributed by atoms with Crippen LogP contribution in [-0.2, 0) is 0 Å². The van der Waals surface area contributed by atoms with Crippen LogP contribution in [-0.4, -0.2) is 19.9 Å². The van der Waals surface area contributed by atoms with Crippen molar-refractivity contribution in [3.8, 4) is 56.5 Å². The fourth-order valence-electron chi connectivity index (χ4n) is 9.51. The maximum atomic E-state index is 5.35. The lowest BCUT2D eigenvalue weighted by atomic mass is 9.87. The molecule has 3 aromatic heterocycles. The Morgan fingerprint density at radius 2 is 0.836 bits per heavy atom. The third-order valence-corrected chi connectivity index (χ3v) is 13.4. The van der Waals surface area contributed by atoms with Crippen LogP contribution in [0.15, 0.2) is 194 Å². The number of pyridine rings is 1. The van der Waals surface area contributed by atoms with Gasteiger partial charge in [0.2, 0.25) is 0 Å². The van der Waals surface area contributed by atoms with Crippen molar-refractivity contribution in [3.05, 3.63) is 194 Å². The second-order valence-electron chi connectivity index (χ2n) is 15.7. The first-order chi connectivity index (χ1) is 30.2. The molecule has 0 aliphatic rings. The number of benzene rings is 10. The molecule has 10 aromatic carbocycles. The van der Waals surface area contributed by atoms with E-state index in [-0.39, 0.29) is 0 Å². The smallest absolute Gasteiger partial charge is 0.164 e. The first kappa shape index (κ1) is 34.0. The first-order valence-electron chi connectivity index (χ1n) is 20.5. The van der Waals surface area contributed by atoms with Gasteiger partial charge >= 0.3 is 0 Å². The standard InChI is InChI=1S/C56H32N4S/c1-2-12-36(13-3-1)53-58-54(38-17-11-16-37(32-38)52-45-21-7-6-20-43(45)51-47-22-8-9-23-48(47)61-56(51)57-52)60-55(59-53)46-31-30-41(39-18-4-5-19-40(39)46)42-28-26-35-25-24-33-14-10-15-34-27-29-44(42)50(35)49(33)34/h1-32H. The second-order valence-corrected chi connectivity index (χ2v) is 16.7. The fraction of sp³-hybridized carbons (Fsp3) is 0. The van der Waals surface area contributed by atoms with Gasteiger partial charge in [-0.25, -0.2) is 19.9 Å². The molecule has 0 amide bonds. The Bertz CT molecular complexity index is 3870. The van der Waals surface area contributed by atoms with Gasteiger partial charge in [0.1, 0.15) is 4.83 Å². The van der Waals surface area contributed by atoms with Gasteiger partial charge in [0, 0.05) is 43.1 Å². The molecule has 0 unspecified atom stereocenters. The van der Waals surface area contributed by atoms with E-state index in [0.717, 1.165) is 48.9 Å². The zero-order valence-electron chi connectivity index (χ0n) is 32.7. The number of hydrogen-bond acceptors (Lipinski definition) is 5. The summed E-state index contributed by atoms with van der Waals surface area (Å²) in [6.45, 7) is 0. The van der Waals surface area contributed by atoms with Gasteiger partial charge in [0.25, 0.3) is 0 Å². The molecule has 0 spiro atoms. The second kappa shape index (κ2) is 13.3. The Kier molecular flexibility index (Phi) is 7.44. The van der Waals surface area contributed by atoms with Gasteiger partial charge < -0.3 is 0 Å². The molecule has 0 saturated heterocycles. The van der Waals surface area contributed by atoms with Gasteiger partial charge in [-0.05, 0) is 77.8 Å². The van der Waals surface area contributed by atoms with E-state index in [4.69, 9.17) is 19.9 Å². The summed E-state index contributed by atoms with van der Waals surface area (Å²) in [5.41, 5.74) is 7.13. The van der Waals surface area contributed by atoms with Gasteiger partial charge in [-0.3, -0.25) is 0 Å². The topological polar surface area (TPSA) is 51.6 Å². The lowest BCUT2D eigenvalue weighted by molar-refractivity contribution is 1.08. The monoisotopic (exact) mass is 792 g/mol. The third-order valence-electron chi connectivity index (χ3n) is 12.3. The Labute approximate surface area is 354 Å². The summed E-state index contributed by atoms with van der Waals surface area (Å²) in [5, 5.41) is 14.7. The van der Waals surface area contributed by atoms with Crippen molar-refractivity contribution in [1.82, 2.24) is 19.9 Å². The largest absolute Gasteiger partial charge is 0.236 e. The lowest BCUT2D eigenvalue weighted by Crippen LogP contribution is -2.01. The van der Waals surface area contributed by atoms with Crippen LogP contribution in [0.2, 0.25) is 0 Å². The van der Waals surface area contributed by atoms with Gasteiger partial charge in [0.15, 0.2) is 17.5 Å². The number of thiophene rings is 1. The van der Waals surface area contributed by atoms with Crippen molar-refractivity contribution < 1.29 is 0 Å². The Balaban J connectivity index is 0.993. The van der Waals surface area contributed by atoms with Crippen molar-refractivity contribution in [3.63, 3.8) is 0 Å². The average Bonchev–Trinajstić information content (AvgIpc) is 3.72. The third kappa shape index (κ3) is 5.31. The summed E-state index contributed by atoms with van der Waals surface area (Å²) in [4.78, 5) is 22.0. The van der Waals surface area contributed by atoms with E-state index >= 15 is 0 Å². The van der Waals surface area contributed by atoms with Crippen LogP contribution in [0.4, 0.5) is 0 Å². The van der Waals surface area contributed by atoms with Crippen molar-refractivity contribution in [1.29, 1.82) is 0 Å². The summed E-state index contributed by atoms with van der Waals surface area (Å²) in [5.74, 6) is 1.86. The van der Waals surface area contributed by atoms with Crippen LogP contribution < -0.4 is 0 Å². The molecule has 0 aliphatic heterocycles. The molecule has 61 heavy (non-hydrogen) atoms. The van der Waals surface area contributed by atoms with Gasteiger partial charge in [0.05, 0.1) is 5.69 Å². The highest BCUT2D eigenvalue weighted by Gasteiger charge is 2.20. The first-order valence-corrected chi connectivity index (χ1v) is 21.4. The van der Waals surface area contributed by atoms with Crippen molar-refractivity contribution in [2.45, 2.75) is 0 Å². The number of fused-ring (bicyclic) bond motifs is 6. The molecular formula is C56H32N4S. The molecule has 0 N–H and O–H groups in total. The zero-order valence-corrected chi connectivity index (χ0v) is 33.5. The van der Waals surface area contributed by atoms with Crippen molar-refractivity contribution >= 4 is 85.5 Å². The molecule has 282 valence electrons. The summed E-state index contributed by atoms with van der Waals surface area (Å²) in [6.07, 6.45) is 0. The van der Waals surface area contributed by atoms with E-state index < -0.39 is 0 Å². The molecule has 0 saturated carbocycles. The quantitative estimate of drug-likeness (QED) is 0.163. The van der Waals surface area contributed by atoms with Crippen molar-refractivity contribution in [2.75, 3.05) is 0 Å². The summed E-state index contributed by atoms with van der Waals surface area (Å²) >= 11 is 1.74. The average molecular weight is 793 g/mol. The minimum absolute atomic E-state index is 0.609. The summed E-state index contributed by atoms with van der Waals surface area (Å²) < 4.78 is 1.24. The van der Waals surface area contributed by atoms with E-state index in [1.807, 2.05) is 18.2 Å². The van der Waals surface area contributed by atoms with E-state index in [0.29, 0.717) is 17.5 Å². The Hall–Kier alpha value is -7.86. The molecule has 4 nitrogen and oxygen atoms in total. The molecule has 13 aromatic rings. The predicted molar refractivity (Wildman–Crippen MR) is 256 cm³/mol. The maximum Gasteiger partial charge on any atom is 0.164 e. The van der Waals surface area contributed by atoms with Crippen LogP contribution in [0.5, 0.6) is 0 Å². The molecule has 13 rings (SSSR count). The van der Waals surface area contributed by atoms with Gasteiger partial charge in [-0.15, -0.1) is 11.3 Å². The number of rotatable bonds is 5. The number of aromatic nitrogens is 4. The minimum atomic E-state index is 0.609. The lowest BCUT2D eigenvalue weighted by Gasteiger charge is -2.17. The van der Waals surface area contributed by atoms with Crippen LogP contribution in [0.25, 0.3) is 131 Å². The van der Waals surface area contributed by atoms with E-state index in [2.05, 4.69) is 176 Å². The number of hydrogen-bond donors (Lipinski definition) is 0. The van der Waals surface area contributed by atoms with Crippen LogP contribution in [0.3, 0.4) is 0 Å². The molecule has 0 bridgehead atoms. The minimum Gasteiger partial charge on any atom is -0.236 e. The predicted octanol–water partition coefficient (Wildman–Crippen LogP) is 15.2. The fourth-order valence-corrected chi connectivity index (χ4v) is 10.6. The van der Waals surface area contributed by atoms with E-state index in [1.54, 1.807) is 11.3 Å². The molecule has 5 heteroatoms. The summed E-state index contributed by atoms with van der Waals surface area (Å²) in [7, 11) is 0. The summed E-state index contributed by atoms with van der Waals surface area (Å²) in [6, 6.07) is 69.1. The molecule has 0 aliphatic carbocycles. The maximum absolute atomic E-state index is 5.35. The van der Waals surface area contributed by atoms with Crippen molar-refractivity contribution in [2.24, 2.45) is 0 Å². The normalized spacial score (nSPS) is 11.9. The van der Waals surface area contributed by atoms with Crippen LogP contribution in [0, 0.1) is 0 Å². The highest BCUT2D eigenvalue weighted by Crippen LogP contribution is 2.44. The molecule has 0 fully saturated rings. The molecule has 0 radical (unpaired) electrons. The van der Waals surface area contributed by atoms with E-state index in [9.17, 15) is 0 Å². The molecule has 0 atom stereocenters. The number of nitrogens with zero attached hydrogens (tertiary/aromatic N) is 4. The highest BCUT2D eigenvalue weighted by atomic mass is 32.1. The molecular weight excluding hydrogens is 761 g/mol. The highest BCUT2D eigenvalue weighted by molar-refractivity contribution is 7.25. The van der Waals surface area contributed by atoms with Gasteiger partial charge in [-0.2, -0.15) is 0 Å². The zero-order chi connectivity index (χ0) is 40.0. The van der Waals surface area contributed by atoms with E-state index in [1.165, 1.54) is 64.3 Å². The Morgan fingerprint density at radius 1 is 0.295 bits per heavy atom.